The highest BCUT2D eigenvalue weighted by molar-refractivity contribution is 6.90. The molecule has 0 aliphatic rings. The fraction of sp³-hybridized carbons (Fsp3) is 0.500. The second kappa shape index (κ2) is 7.45. The molecule has 5 heteroatoms. The van der Waals surface area contributed by atoms with Gasteiger partial charge in [0, 0.05) is 6.20 Å². The van der Waals surface area contributed by atoms with Gasteiger partial charge in [-0.1, -0.05) is 47.5 Å². The zero-order valence-electron chi connectivity index (χ0n) is 16.3. The molecule has 0 fully saturated rings. The molecule has 25 heavy (non-hydrogen) atoms. The first kappa shape index (κ1) is 19.3. The predicted octanol–water partition coefficient (Wildman–Crippen LogP) is 4.69. The maximum absolute atomic E-state index is 12.2. The van der Waals surface area contributed by atoms with Crippen LogP contribution in [0.15, 0.2) is 24.5 Å². The molecule has 0 aliphatic heterocycles. The number of pyridine rings is 1. The molecule has 134 valence electrons. The SMILES string of the molecule is COC(=O)c1ccn2nccc2c1C#C[Si](C(C)C)(C(C)C)C(C)C. The quantitative estimate of drug-likeness (QED) is 0.453. The maximum Gasteiger partial charge on any atom is 0.339 e. The Morgan fingerprint density at radius 3 is 2.24 bits per heavy atom. The number of hydrogen-bond donors (Lipinski definition) is 0. The molecule has 0 saturated heterocycles. The van der Waals surface area contributed by atoms with Gasteiger partial charge in [0.15, 0.2) is 0 Å². The summed E-state index contributed by atoms with van der Waals surface area (Å²) >= 11 is 0. The van der Waals surface area contributed by atoms with Gasteiger partial charge in [-0.25, -0.2) is 9.31 Å². The number of fused-ring (bicyclic) bond motifs is 1. The molecule has 0 amide bonds. The molecule has 2 heterocycles. The molecule has 0 spiro atoms. The third-order valence-corrected chi connectivity index (χ3v) is 11.5. The monoisotopic (exact) mass is 356 g/mol. The molecular formula is C20H28N2O2Si. The Balaban J connectivity index is 2.73. The first-order chi connectivity index (χ1) is 11.8. The van der Waals surface area contributed by atoms with Gasteiger partial charge in [0.05, 0.1) is 30.0 Å². The Morgan fingerprint density at radius 2 is 1.72 bits per heavy atom. The molecule has 2 rings (SSSR count). The van der Waals surface area contributed by atoms with Crippen LogP contribution < -0.4 is 0 Å². The van der Waals surface area contributed by atoms with Gasteiger partial charge in [-0.05, 0) is 28.8 Å². The van der Waals surface area contributed by atoms with Crippen LogP contribution in [0.1, 0.15) is 57.5 Å². The van der Waals surface area contributed by atoms with E-state index < -0.39 is 8.07 Å². The van der Waals surface area contributed by atoms with Crippen LogP contribution in [-0.4, -0.2) is 30.8 Å². The number of rotatable bonds is 4. The average molecular weight is 357 g/mol. The van der Waals surface area contributed by atoms with E-state index in [1.54, 1.807) is 23.0 Å². The van der Waals surface area contributed by atoms with Gasteiger partial charge in [0.2, 0.25) is 0 Å². The molecule has 0 bridgehead atoms. The average Bonchev–Trinajstić information content (AvgIpc) is 3.02. The second-order valence-electron chi connectivity index (χ2n) is 7.40. The van der Waals surface area contributed by atoms with Gasteiger partial charge in [-0.15, -0.1) is 5.54 Å². The van der Waals surface area contributed by atoms with E-state index in [9.17, 15) is 4.79 Å². The van der Waals surface area contributed by atoms with Crippen molar-refractivity contribution in [3.63, 3.8) is 0 Å². The topological polar surface area (TPSA) is 43.6 Å². The highest BCUT2D eigenvalue weighted by Gasteiger charge is 2.41. The number of hydrogen-bond acceptors (Lipinski definition) is 3. The van der Waals surface area contributed by atoms with Crippen LogP contribution in [-0.2, 0) is 4.74 Å². The van der Waals surface area contributed by atoms with Gasteiger partial charge < -0.3 is 4.74 Å². The first-order valence-electron chi connectivity index (χ1n) is 8.83. The number of carbonyl (C=O) groups excluding carboxylic acids is 1. The Morgan fingerprint density at radius 1 is 1.12 bits per heavy atom. The van der Waals surface area contributed by atoms with Crippen molar-refractivity contribution >= 4 is 19.6 Å². The Labute approximate surface area is 151 Å². The van der Waals surface area contributed by atoms with Gasteiger partial charge in [-0.2, -0.15) is 5.10 Å². The van der Waals surface area contributed by atoms with Crippen molar-refractivity contribution in [1.82, 2.24) is 9.61 Å². The van der Waals surface area contributed by atoms with Crippen molar-refractivity contribution in [3.8, 4) is 11.5 Å². The minimum Gasteiger partial charge on any atom is -0.465 e. The van der Waals surface area contributed by atoms with Gasteiger partial charge >= 0.3 is 5.97 Å². The number of methoxy groups -OCH3 is 1. The molecule has 2 aromatic rings. The molecule has 0 unspecified atom stereocenters. The van der Waals surface area contributed by atoms with Crippen LogP contribution in [0.3, 0.4) is 0 Å². The lowest BCUT2D eigenvalue weighted by atomic mass is 10.1. The van der Waals surface area contributed by atoms with Crippen molar-refractivity contribution < 1.29 is 9.53 Å². The van der Waals surface area contributed by atoms with Crippen molar-refractivity contribution in [3.05, 3.63) is 35.7 Å². The molecule has 4 nitrogen and oxygen atoms in total. The molecule has 0 radical (unpaired) electrons. The summed E-state index contributed by atoms with van der Waals surface area (Å²) in [5, 5.41) is 4.26. The van der Waals surface area contributed by atoms with Crippen molar-refractivity contribution in [2.24, 2.45) is 0 Å². The standard InChI is InChI=1S/C20H28N2O2Si/c1-14(2)25(15(3)4,16(5)6)13-10-17-18(20(23)24-7)9-12-22-19(17)8-11-21-22/h8-9,11-12,14-16H,1-7H3. The Bertz CT molecular complexity index is 803. The minimum atomic E-state index is -1.89. The number of ether oxygens (including phenoxy) is 1. The van der Waals surface area contributed by atoms with E-state index in [1.165, 1.54) is 7.11 Å². The lowest BCUT2D eigenvalue weighted by molar-refractivity contribution is 0.0600. The first-order valence-corrected chi connectivity index (χ1v) is 11.1. The van der Waals surface area contributed by atoms with E-state index in [1.807, 2.05) is 6.07 Å². The van der Waals surface area contributed by atoms with Gasteiger partial charge in [0.25, 0.3) is 0 Å². The van der Waals surface area contributed by atoms with E-state index in [0.717, 1.165) is 5.52 Å². The smallest absolute Gasteiger partial charge is 0.339 e. The molecule has 0 N–H and O–H groups in total. The van der Waals surface area contributed by atoms with Crippen molar-refractivity contribution in [2.75, 3.05) is 7.11 Å². The van der Waals surface area contributed by atoms with E-state index in [0.29, 0.717) is 27.8 Å². The predicted molar refractivity (Wildman–Crippen MR) is 104 cm³/mol. The van der Waals surface area contributed by atoms with Gasteiger partial charge in [-0.3, -0.25) is 0 Å². The lowest BCUT2D eigenvalue weighted by Crippen LogP contribution is -2.43. The van der Waals surface area contributed by atoms with E-state index in [4.69, 9.17) is 4.74 Å². The molecule has 0 aliphatic carbocycles. The molecular weight excluding hydrogens is 328 g/mol. The summed E-state index contributed by atoms with van der Waals surface area (Å²) in [6.45, 7) is 13.7. The lowest BCUT2D eigenvalue weighted by Gasteiger charge is -2.38. The van der Waals surface area contributed by atoms with Crippen LogP contribution in [0.5, 0.6) is 0 Å². The second-order valence-corrected chi connectivity index (χ2v) is 13.0. The summed E-state index contributed by atoms with van der Waals surface area (Å²) in [7, 11) is -0.490. The molecule has 0 aromatic carbocycles. The highest BCUT2D eigenvalue weighted by Crippen LogP contribution is 2.40. The van der Waals surface area contributed by atoms with Crippen LogP contribution in [0, 0.1) is 11.5 Å². The summed E-state index contributed by atoms with van der Waals surface area (Å²) in [5.74, 6) is 3.03. The zero-order chi connectivity index (χ0) is 18.8. The Kier molecular flexibility index (Phi) is 5.74. The van der Waals surface area contributed by atoms with Crippen LogP contribution in [0.25, 0.3) is 5.52 Å². The summed E-state index contributed by atoms with van der Waals surface area (Å²) in [5.41, 5.74) is 7.35. The van der Waals surface area contributed by atoms with Crippen LogP contribution in [0.4, 0.5) is 0 Å². The van der Waals surface area contributed by atoms with Crippen LogP contribution >= 0.6 is 0 Å². The van der Waals surface area contributed by atoms with Crippen molar-refractivity contribution in [2.45, 2.75) is 58.2 Å². The van der Waals surface area contributed by atoms with E-state index in [-0.39, 0.29) is 5.97 Å². The molecule has 0 saturated carbocycles. The highest BCUT2D eigenvalue weighted by atomic mass is 28.3. The number of esters is 1. The van der Waals surface area contributed by atoms with Crippen LogP contribution in [0.2, 0.25) is 16.6 Å². The largest absolute Gasteiger partial charge is 0.465 e. The third kappa shape index (κ3) is 3.36. The number of carbonyl (C=O) groups is 1. The van der Waals surface area contributed by atoms with E-state index in [2.05, 4.69) is 58.1 Å². The van der Waals surface area contributed by atoms with E-state index >= 15 is 0 Å². The maximum atomic E-state index is 12.2. The summed E-state index contributed by atoms with van der Waals surface area (Å²) < 4.78 is 6.70. The summed E-state index contributed by atoms with van der Waals surface area (Å²) in [6.07, 6.45) is 3.49. The number of aromatic nitrogens is 2. The number of nitrogens with zero attached hydrogens (tertiary/aromatic N) is 2. The fourth-order valence-electron chi connectivity index (χ4n) is 4.01. The normalized spacial score (nSPS) is 11.9. The van der Waals surface area contributed by atoms with Gasteiger partial charge in [0.1, 0.15) is 8.07 Å². The summed E-state index contributed by atoms with van der Waals surface area (Å²) in [4.78, 5) is 12.2. The molecule has 0 atom stereocenters. The molecule has 2 aromatic heterocycles. The zero-order valence-corrected chi connectivity index (χ0v) is 17.3. The summed E-state index contributed by atoms with van der Waals surface area (Å²) in [6, 6.07) is 3.62. The minimum absolute atomic E-state index is 0.362. The Hall–Kier alpha value is -2.06. The fourth-order valence-corrected chi connectivity index (χ4v) is 9.22. The van der Waals surface area contributed by atoms with Crippen molar-refractivity contribution in [1.29, 1.82) is 0 Å². The third-order valence-electron chi connectivity index (χ3n) is 5.25.